The molecule has 1 atom stereocenters. The maximum atomic E-state index is 13.0. The molecule has 0 aliphatic heterocycles. The number of benzene rings is 1. The van der Waals surface area contributed by atoms with E-state index in [1.807, 2.05) is 12.1 Å². The molecule has 1 unspecified atom stereocenters. The van der Waals surface area contributed by atoms with Crippen LogP contribution >= 0.6 is 0 Å². The molecule has 2 rings (SSSR count). The fraction of sp³-hybridized carbons (Fsp3) is 0.625. The lowest BCUT2D eigenvalue weighted by atomic mass is 9.75. The molecule has 0 amide bonds. The summed E-state index contributed by atoms with van der Waals surface area (Å²) in [6.07, 6.45) is 6.45. The van der Waals surface area contributed by atoms with E-state index in [2.05, 4.69) is 13.8 Å². The quantitative estimate of drug-likeness (QED) is 0.857. The molecule has 1 aromatic carbocycles. The minimum atomic E-state index is -0.182. The smallest absolute Gasteiger partial charge is 0.123 e. The predicted octanol–water partition coefficient (Wildman–Crippen LogP) is 4.01. The summed E-state index contributed by atoms with van der Waals surface area (Å²) in [6.45, 7) is 4.33. The lowest BCUT2D eigenvalue weighted by Crippen LogP contribution is -2.42. The minimum Gasteiger partial charge on any atom is -0.327 e. The second kappa shape index (κ2) is 5.40. The van der Waals surface area contributed by atoms with Crippen molar-refractivity contribution in [3.05, 3.63) is 35.6 Å². The van der Waals surface area contributed by atoms with Crippen molar-refractivity contribution in [2.75, 3.05) is 0 Å². The largest absolute Gasteiger partial charge is 0.327 e. The maximum Gasteiger partial charge on any atom is 0.123 e. The van der Waals surface area contributed by atoms with E-state index in [4.69, 9.17) is 5.73 Å². The summed E-state index contributed by atoms with van der Waals surface area (Å²) in [5.41, 5.74) is 7.45. The van der Waals surface area contributed by atoms with Gasteiger partial charge in [0.15, 0.2) is 0 Å². The standard InChI is InChI=1S/C16H24FN/c1-16(2,13-7-9-14(17)10-8-13)15(18)11-12-5-3-4-6-12/h7-10,12,15H,3-6,11,18H2,1-2H3. The highest BCUT2D eigenvalue weighted by atomic mass is 19.1. The summed E-state index contributed by atoms with van der Waals surface area (Å²) in [5.74, 6) is 0.610. The molecule has 1 aliphatic rings. The van der Waals surface area contributed by atoms with Crippen LogP contribution in [-0.4, -0.2) is 6.04 Å². The second-order valence-corrected chi connectivity index (χ2v) is 6.22. The van der Waals surface area contributed by atoms with Crippen LogP contribution in [-0.2, 0) is 5.41 Å². The van der Waals surface area contributed by atoms with Crippen LogP contribution in [0.15, 0.2) is 24.3 Å². The van der Waals surface area contributed by atoms with Crippen LogP contribution in [0.5, 0.6) is 0 Å². The summed E-state index contributed by atoms with van der Waals surface area (Å²) in [4.78, 5) is 0. The lowest BCUT2D eigenvalue weighted by molar-refractivity contribution is 0.331. The second-order valence-electron chi connectivity index (χ2n) is 6.22. The van der Waals surface area contributed by atoms with Crippen LogP contribution in [0, 0.1) is 11.7 Å². The van der Waals surface area contributed by atoms with Crippen LogP contribution in [0.4, 0.5) is 4.39 Å². The number of nitrogens with two attached hydrogens (primary N) is 1. The van der Waals surface area contributed by atoms with Gasteiger partial charge in [-0.3, -0.25) is 0 Å². The molecule has 0 aromatic heterocycles. The van der Waals surface area contributed by atoms with Crippen LogP contribution in [0.1, 0.15) is 51.5 Å². The molecule has 100 valence electrons. The molecular formula is C16H24FN. The first-order chi connectivity index (χ1) is 8.50. The molecule has 0 bridgehead atoms. The SMILES string of the molecule is CC(C)(c1ccc(F)cc1)C(N)CC1CCCC1. The number of halogens is 1. The number of rotatable bonds is 4. The zero-order valence-electron chi connectivity index (χ0n) is 11.5. The third kappa shape index (κ3) is 2.92. The Labute approximate surface area is 110 Å². The molecule has 1 nitrogen and oxygen atoms in total. The van der Waals surface area contributed by atoms with Crippen molar-refractivity contribution in [1.29, 1.82) is 0 Å². The maximum absolute atomic E-state index is 13.0. The Morgan fingerprint density at radius 2 is 1.78 bits per heavy atom. The van der Waals surface area contributed by atoms with E-state index in [-0.39, 0.29) is 17.3 Å². The molecule has 0 saturated heterocycles. The highest BCUT2D eigenvalue weighted by Crippen LogP contribution is 2.34. The van der Waals surface area contributed by atoms with Crippen LogP contribution in [0.3, 0.4) is 0 Å². The van der Waals surface area contributed by atoms with Gasteiger partial charge in [0.1, 0.15) is 5.82 Å². The van der Waals surface area contributed by atoms with Gasteiger partial charge >= 0.3 is 0 Å². The van der Waals surface area contributed by atoms with Gasteiger partial charge in [0, 0.05) is 11.5 Å². The van der Waals surface area contributed by atoms with E-state index in [0.29, 0.717) is 0 Å². The van der Waals surface area contributed by atoms with E-state index in [1.165, 1.54) is 37.8 Å². The molecule has 2 heteroatoms. The molecule has 1 saturated carbocycles. The fourth-order valence-electron chi connectivity index (χ4n) is 2.99. The van der Waals surface area contributed by atoms with Crippen molar-refractivity contribution in [3.8, 4) is 0 Å². The van der Waals surface area contributed by atoms with Gasteiger partial charge in [-0.15, -0.1) is 0 Å². The first-order valence-electron chi connectivity index (χ1n) is 7.02. The van der Waals surface area contributed by atoms with E-state index in [1.54, 1.807) is 0 Å². The average Bonchev–Trinajstić information content (AvgIpc) is 2.82. The lowest BCUT2D eigenvalue weighted by Gasteiger charge is -2.34. The van der Waals surface area contributed by atoms with Crippen LogP contribution in [0.2, 0.25) is 0 Å². The summed E-state index contributed by atoms with van der Waals surface area (Å²) in [6, 6.07) is 6.93. The highest BCUT2D eigenvalue weighted by molar-refractivity contribution is 5.26. The molecule has 0 radical (unpaired) electrons. The van der Waals surface area contributed by atoms with E-state index < -0.39 is 0 Å². The summed E-state index contributed by atoms with van der Waals surface area (Å²) < 4.78 is 13.0. The van der Waals surface area contributed by atoms with Crippen molar-refractivity contribution in [1.82, 2.24) is 0 Å². The Kier molecular flexibility index (Phi) is 4.06. The number of hydrogen-bond acceptors (Lipinski definition) is 1. The summed E-state index contributed by atoms with van der Waals surface area (Å²) >= 11 is 0. The van der Waals surface area contributed by atoms with Crippen molar-refractivity contribution in [2.45, 2.75) is 57.4 Å². The van der Waals surface area contributed by atoms with Crippen molar-refractivity contribution in [2.24, 2.45) is 11.7 Å². The average molecular weight is 249 g/mol. The zero-order valence-corrected chi connectivity index (χ0v) is 11.5. The monoisotopic (exact) mass is 249 g/mol. The third-order valence-corrected chi connectivity index (χ3v) is 4.58. The highest BCUT2D eigenvalue weighted by Gasteiger charge is 2.31. The summed E-state index contributed by atoms with van der Waals surface area (Å²) in [7, 11) is 0. The first-order valence-corrected chi connectivity index (χ1v) is 7.02. The molecule has 1 aromatic rings. The third-order valence-electron chi connectivity index (χ3n) is 4.58. The van der Waals surface area contributed by atoms with Crippen LogP contribution in [0.25, 0.3) is 0 Å². The van der Waals surface area contributed by atoms with Gasteiger partial charge in [-0.25, -0.2) is 4.39 Å². The summed E-state index contributed by atoms with van der Waals surface area (Å²) in [5, 5.41) is 0. The molecular weight excluding hydrogens is 225 g/mol. The van der Waals surface area contributed by atoms with Gasteiger partial charge in [0.05, 0.1) is 0 Å². The van der Waals surface area contributed by atoms with Crippen molar-refractivity contribution < 1.29 is 4.39 Å². The Morgan fingerprint density at radius 1 is 1.22 bits per heavy atom. The molecule has 18 heavy (non-hydrogen) atoms. The molecule has 1 fully saturated rings. The van der Waals surface area contributed by atoms with E-state index in [9.17, 15) is 4.39 Å². The topological polar surface area (TPSA) is 26.0 Å². The molecule has 0 heterocycles. The normalized spacial score (nSPS) is 19.1. The Hall–Kier alpha value is -0.890. The Morgan fingerprint density at radius 3 is 2.33 bits per heavy atom. The zero-order chi connectivity index (χ0) is 13.2. The fourth-order valence-corrected chi connectivity index (χ4v) is 2.99. The van der Waals surface area contributed by atoms with Gasteiger partial charge in [0.25, 0.3) is 0 Å². The van der Waals surface area contributed by atoms with Gasteiger partial charge in [-0.05, 0) is 30.0 Å². The first kappa shape index (κ1) is 13.5. The Bertz CT molecular complexity index is 377. The minimum absolute atomic E-state index is 0.0870. The van der Waals surface area contributed by atoms with Crippen LogP contribution < -0.4 is 5.73 Å². The molecule has 0 spiro atoms. The van der Waals surface area contributed by atoms with Gasteiger partial charge in [-0.2, -0.15) is 0 Å². The van der Waals surface area contributed by atoms with Gasteiger partial charge in [-0.1, -0.05) is 51.7 Å². The molecule has 1 aliphatic carbocycles. The predicted molar refractivity (Wildman–Crippen MR) is 74.0 cm³/mol. The van der Waals surface area contributed by atoms with E-state index in [0.717, 1.165) is 17.9 Å². The van der Waals surface area contributed by atoms with Crippen molar-refractivity contribution in [3.63, 3.8) is 0 Å². The Balaban J connectivity index is 2.06. The number of hydrogen-bond donors (Lipinski definition) is 1. The molecule has 2 N–H and O–H groups in total. The van der Waals surface area contributed by atoms with Crippen molar-refractivity contribution >= 4 is 0 Å². The van der Waals surface area contributed by atoms with Gasteiger partial charge < -0.3 is 5.73 Å². The van der Waals surface area contributed by atoms with Gasteiger partial charge in [0.2, 0.25) is 0 Å². The van der Waals surface area contributed by atoms with E-state index >= 15 is 0 Å².